The second-order valence-electron chi connectivity index (χ2n) is 5.76. The molecule has 0 aliphatic heterocycles. The lowest BCUT2D eigenvalue weighted by Gasteiger charge is -2.28. The summed E-state index contributed by atoms with van der Waals surface area (Å²) in [4.78, 5) is 0. The summed E-state index contributed by atoms with van der Waals surface area (Å²) in [6, 6.07) is 6.51. The van der Waals surface area contributed by atoms with Crippen molar-refractivity contribution in [1.29, 1.82) is 0 Å². The van der Waals surface area contributed by atoms with Crippen molar-refractivity contribution in [3.05, 3.63) is 47.4 Å². The molecule has 0 N–H and O–H groups in total. The van der Waals surface area contributed by atoms with Crippen LogP contribution in [0.4, 0.5) is 0 Å². The zero-order valence-corrected chi connectivity index (χ0v) is 11.4. The van der Waals surface area contributed by atoms with Crippen LogP contribution in [0.5, 0.6) is 0 Å². The van der Waals surface area contributed by atoms with Gasteiger partial charge in [0.05, 0.1) is 0 Å². The van der Waals surface area contributed by atoms with Crippen molar-refractivity contribution < 1.29 is 0 Å². The van der Waals surface area contributed by atoms with Crippen molar-refractivity contribution >= 4 is 5.57 Å². The summed E-state index contributed by atoms with van der Waals surface area (Å²) in [5.41, 5.74) is 5.39. The molecule has 87 valence electrons. The van der Waals surface area contributed by atoms with Crippen molar-refractivity contribution in [1.82, 2.24) is 0 Å². The second kappa shape index (κ2) is 4.45. The van der Waals surface area contributed by atoms with Gasteiger partial charge in [-0.25, -0.2) is 0 Å². The van der Waals surface area contributed by atoms with E-state index in [1.54, 1.807) is 0 Å². The van der Waals surface area contributed by atoms with Gasteiger partial charge in [0.1, 0.15) is 0 Å². The van der Waals surface area contributed by atoms with E-state index in [0.29, 0.717) is 0 Å². The van der Waals surface area contributed by atoms with Gasteiger partial charge in [-0.2, -0.15) is 0 Å². The van der Waals surface area contributed by atoms with Gasteiger partial charge in [-0.3, -0.25) is 0 Å². The quantitative estimate of drug-likeness (QED) is 0.652. The lowest BCUT2D eigenvalue weighted by molar-refractivity contribution is 0.583. The van der Waals surface area contributed by atoms with Crippen LogP contribution in [0.1, 0.15) is 58.2 Å². The van der Waals surface area contributed by atoms with E-state index in [1.165, 1.54) is 22.6 Å². The Morgan fingerprint density at radius 1 is 1.00 bits per heavy atom. The highest BCUT2D eigenvalue weighted by Gasteiger charge is 2.23. The summed E-state index contributed by atoms with van der Waals surface area (Å²) in [6.07, 6.45) is 0. The summed E-state index contributed by atoms with van der Waals surface area (Å²) in [5.74, 6) is 1.37. The number of allylic oxidation sites excluding steroid dienone is 1. The first-order valence-corrected chi connectivity index (χ1v) is 5.85. The van der Waals surface area contributed by atoms with Crippen LogP contribution in [0.3, 0.4) is 0 Å². The average molecular weight is 215 g/mol. The molecule has 0 nitrogen and oxygen atoms in total. The molecule has 0 amide bonds. The molecule has 1 aromatic carbocycles. The number of hydrogen-bond acceptors (Lipinski definition) is 0. The molecule has 0 aliphatic rings. The van der Waals surface area contributed by atoms with Gasteiger partial charge in [0.25, 0.3) is 0 Å². The van der Waals surface area contributed by atoms with Gasteiger partial charge < -0.3 is 0 Å². The zero-order valence-electron chi connectivity index (χ0n) is 11.4. The third kappa shape index (κ3) is 2.55. The molecule has 0 heterocycles. The SMILES string of the molecule is C=C(C)c1cccc([C](C)C)c1C(C)(C)C. The number of rotatable bonds is 2. The highest BCUT2D eigenvalue weighted by Crippen LogP contribution is 2.35. The predicted molar refractivity (Wildman–Crippen MR) is 73.5 cm³/mol. The van der Waals surface area contributed by atoms with Crippen molar-refractivity contribution in [2.75, 3.05) is 0 Å². The lowest BCUT2D eigenvalue weighted by Crippen LogP contribution is -2.17. The first-order valence-electron chi connectivity index (χ1n) is 5.85. The summed E-state index contributed by atoms with van der Waals surface area (Å²) in [6.45, 7) is 17.3. The predicted octanol–water partition coefficient (Wildman–Crippen LogP) is 4.98. The Hall–Kier alpha value is -1.04. The smallest absolute Gasteiger partial charge is 0.000879 e. The van der Waals surface area contributed by atoms with Crippen LogP contribution in [-0.4, -0.2) is 0 Å². The van der Waals surface area contributed by atoms with Gasteiger partial charge in [-0.15, -0.1) is 0 Å². The van der Waals surface area contributed by atoms with Crippen molar-refractivity contribution in [2.24, 2.45) is 0 Å². The Kier molecular flexibility index (Phi) is 3.62. The van der Waals surface area contributed by atoms with Gasteiger partial charge in [0, 0.05) is 0 Å². The van der Waals surface area contributed by atoms with Crippen LogP contribution in [0.15, 0.2) is 24.8 Å². The molecule has 1 aromatic rings. The minimum Gasteiger partial charge on any atom is -0.0955 e. The van der Waals surface area contributed by atoms with E-state index in [0.717, 1.165) is 5.57 Å². The maximum atomic E-state index is 4.09. The lowest BCUT2D eigenvalue weighted by atomic mass is 9.76. The Morgan fingerprint density at radius 2 is 1.50 bits per heavy atom. The Labute approximate surface area is 100 Å². The van der Waals surface area contributed by atoms with Crippen LogP contribution in [-0.2, 0) is 5.41 Å². The minimum atomic E-state index is 0.155. The van der Waals surface area contributed by atoms with E-state index >= 15 is 0 Å². The molecule has 0 bridgehead atoms. The zero-order chi connectivity index (χ0) is 12.5. The van der Waals surface area contributed by atoms with E-state index in [2.05, 4.69) is 66.3 Å². The number of hydrogen-bond donors (Lipinski definition) is 0. The Bertz CT molecular complexity index is 389. The summed E-state index contributed by atoms with van der Waals surface area (Å²) < 4.78 is 0. The maximum absolute atomic E-state index is 4.09. The van der Waals surface area contributed by atoms with E-state index in [4.69, 9.17) is 0 Å². The third-order valence-electron chi connectivity index (χ3n) is 2.81. The molecule has 0 saturated heterocycles. The molecule has 0 atom stereocenters. The van der Waals surface area contributed by atoms with Gasteiger partial charge in [-0.1, -0.05) is 65.0 Å². The molecule has 0 saturated carbocycles. The van der Waals surface area contributed by atoms with Gasteiger partial charge in [0.2, 0.25) is 0 Å². The van der Waals surface area contributed by atoms with Gasteiger partial charge in [-0.05, 0) is 34.9 Å². The standard InChI is InChI=1S/C16H23/c1-11(2)13-9-8-10-14(12(3)4)15(13)16(5,6)7/h8-10H,1H2,2-7H3. The normalized spacial score (nSPS) is 11.9. The molecule has 0 spiro atoms. The summed E-state index contributed by atoms with van der Waals surface area (Å²) in [7, 11) is 0. The molecular weight excluding hydrogens is 192 g/mol. The largest absolute Gasteiger partial charge is 0.0955 e. The monoisotopic (exact) mass is 215 g/mol. The summed E-state index contributed by atoms with van der Waals surface area (Å²) in [5, 5.41) is 0. The van der Waals surface area contributed by atoms with Gasteiger partial charge in [0.15, 0.2) is 0 Å². The molecule has 0 aliphatic carbocycles. The molecule has 0 unspecified atom stereocenters. The Morgan fingerprint density at radius 3 is 1.88 bits per heavy atom. The highest BCUT2D eigenvalue weighted by atomic mass is 14.3. The fourth-order valence-electron chi connectivity index (χ4n) is 2.13. The Balaban J connectivity index is 3.54. The minimum absolute atomic E-state index is 0.155. The highest BCUT2D eigenvalue weighted by molar-refractivity contribution is 5.68. The second-order valence-corrected chi connectivity index (χ2v) is 5.76. The van der Waals surface area contributed by atoms with Crippen molar-refractivity contribution in [2.45, 2.75) is 47.0 Å². The number of benzene rings is 1. The van der Waals surface area contributed by atoms with Crippen LogP contribution < -0.4 is 0 Å². The fourth-order valence-corrected chi connectivity index (χ4v) is 2.13. The van der Waals surface area contributed by atoms with E-state index in [1.807, 2.05) is 0 Å². The molecule has 1 rings (SSSR count). The topological polar surface area (TPSA) is 0 Å². The third-order valence-corrected chi connectivity index (χ3v) is 2.81. The van der Waals surface area contributed by atoms with E-state index in [-0.39, 0.29) is 5.41 Å². The van der Waals surface area contributed by atoms with Crippen LogP contribution in [0.2, 0.25) is 0 Å². The maximum Gasteiger partial charge on any atom is -0.000879 e. The van der Waals surface area contributed by atoms with Gasteiger partial charge >= 0.3 is 0 Å². The fraction of sp³-hybridized carbons (Fsp3) is 0.438. The molecule has 0 heteroatoms. The van der Waals surface area contributed by atoms with E-state index < -0.39 is 0 Å². The molecule has 0 fully saturated rings. The van der Waals surface area contributed by atoms with Crippen LogP contribution in [0.25, 0.3) is 5.57 Å². The van der Waals surface area contributed by atoms with Crippen LogP contribution >= 0.6 is 0 Å². The van der Waals surface area contributed by atoms with Crippen molar-refractivity contribution in [3.8, 4) is 0 Å². The van der Waals surface area contributed by atoms with Crippen molar-refractivity contribution in [3.63, 3.8) is 0 Å². The first-order chi connectivity index (χ1) is 7.25. The molecular formula is C16H23. The van der Waals surface area contributed by atoms with E-state index in [9.17, 15) is 0 Å². The van der Waals surface area contributed by atoms with Crippen LogP contribution in [0, 0.1) is 5.92 Å². The summed E-state index contributed by atoms with van der Waals surface area (Å²) >= 11 is 0. The molecule has 0 aromatic heterocycles. The molecule has 1 radical (unpaired) electrons. The first kappa shape index (κ1) is 13.0. The molecule has 16 heavy (non-hydrogen) atoms. The average Bonchev–Trinajstić information content (AvgIpc) is 2.15.